The van der Waals surface area contributed by atoms with Gasteiger partial charge in [0.15, 0.2) is 0 Å². The summed E-state index contributed by atoms with van der Waals surface area (Å²) in [4.78, 5) is 19.5. The number of nitrogens with zero attached hydrogens (tertiary/aromatic N) is 1. The average molecular weight is 504 g/mol. The van der Waals surface area contributed by atoms with Crippen LogP contribution in [0.3, 0.4) is 0 Å². The van der Waals surface area contributed by atoms with E-state index in [1.165, 1.54) is 34.1 Å². The molecule has 6 heteroatoms. The van der Waals surface area contributed by atoms with Gasteiger partial charge in [-0.05, 0) is 73.5 Å². The molecule has 0 saturated heterocycles. The molecule has 4 rings (SSSR count). The van der Waals surface area contributed by atoms with E-state index >= 15 is 0 Å². The summed E-state index contributed by atoms with van der Waals surface area (Å²) in [5.41, 5.74) is 8.88. The van der Waals surface area contributed by atoms with Gasteiger partial charge in [0, 0.05) is 35.6 Å². The van der Waals surface area contributed by atoms with E-state index in [2.05, 4.69) is 52.1 Å². The predicted octanol–water partition coefficient (Wildman–Crippen LogP) is 5.79. The Bertz CT molecular complexity index is 1150. The van der Waals surface area contributed by atoms with Crippen LogP contribution in [0.1, 0.15) is 29.5 Å². The molecule has 1 heterocycles. The second-order valence-corrected chi connectivity index (χ2v) is 9.35. The van der Waals surface area contributed by atoms with Crippen LogP contribution in [0, 0.1) is 0 Å². The molecule has 3 aromatic carbocycles. The average Bonchev–Trinajstić information content (AvgIpc) is 3.05. The summed E-state index contributed by atoms with van der Waals surface area (Å²) in [6.45, 7) is 2.91. The van der Waals surface area contributed by atoms with Gasteiger partial charge < -0.3 is 10.2 Å². The fourth-order valence-electron chi connectivity index (χ4n) is 4.47. The molecule has 0 aliphatic carbocycles. The molecule has 3 aromatic rings. The maximum Gasteiger partial charge on any atom is 0.267 e. The van der Waals surface area contributed by atoms with E-state index in [1.807, 2.05) is 42.5 Å². The lowest BCUT2D eigenvalue weighted by atomic mass is 10.0. The number of amides is 1. The van der Waals surface area contributed by atoms with Crippen LogP contribution >= 0.6 is 11.6 Å². The second kappa shape index (κ2) is 13.8. The number of carbonyl (C=O) groups is 1. The summed E-state index contributed by atoms with van der Waals surface area (Å²) in [7, 11) is 0. The van der Waals surface area contributed by atoms with Gasteiger partial charge in [-0.2, -0.15) is 0 Å². The maximum absolute atomic E-state index is 11.9. The fourth-order valence-corrected chi connectivity index (χ4v) is 4.63. The van der Waals surface area contributed by atoms with E-state index in [-0.39, 0.29) is 5.91 Å². The van der Waals surface area contributed by atoms with Crippen LogP contribution in [0.4, 0.5) is 11.4 Å². The van der Waals surface area contributed by atoms with Gasteiger partial charge in [-0.3, -0.25) is 9.63 Å². The van der Waals surface area contributed by atoms with Crippen molar-refractivity contribution in [3.05, 3.63) is 107 Å². The molecule has 0 spiro atoms. The molecular weight excluding hydrogens is 470 g/mol. The van der Waals surface area contributed by atoms with Gasteiger partial charge in [-0.15, -0.1) is 0 Å². The lowest BCUT2D eigenvalue weighted by Crippen LogP contribution is -2.23. The summed E-state index contributed by atoms with van der Waals surface area (Å²) in [5, 5.41) is 4.15. The van der Waals surface area contributed by atoms with Crippen molar-refractivity contribution in [2.75, 3.05) is 31.1 Å². The second-order valence-electron chi connectivity index (χ2n) is 8.92. The van der Waals surface area contributed by atoms with E-state index in [0.29, 0.717) is 13.2 Å². The number of hydroxylamine groups is 1. The van der Waals surface area contributed by atoms with Gasteiger partial charge in [0.25, 0.3) is 5.91 Å². The van der Waals surface area contributed by atoms with Crippen LogP contribution in [0.5, 0.6) is 0 Å². The number of aryl methyl sites for hydroxylation is 2. The van der Waals surface area contributed by atoms with Gasteiger partial charge in [0.05, 0.1) is 6.61 Å². The number of anilines is 2. The van der Waals surface area contributed by atoms with Gasteiger partial charge in [-0.1, -0.05) is 72.3 Å². The van der Waals surface area contributed by atoms with Crippen LogP contribution in [-0.2, 0) is 28.9 Å². The highest BCUT2D eigenvalue weighted by molar-refractivity contribution is 6.30. The summed E-state index contributed by atoms with van der Waals surface area (Å²) in [6, 6.07) is 25.0. The topological polar surface area (TPSA) is 53.6 Å². The first-order valence-corrected chi connectivity index (χ1v) is 13.1. The number of hydrogen-bond acceptors (Lipinski definition) is 4. The first-order chi connectivity index (χ1) is 17.7. The zero-order chi connectivity index (χ0) is 25.0. The number of fused-ring (bicyclic) bond motifs is 2. The third-order valence-corrected chi connectivity index (χ3v) is 6.54. The molecule has 188 valence electrons. The third kappa shape index (κ3) is 7.69. The first-order valence-electron chi connectivity index (χ1n) is 12.7. The zero-order valence-electron chi connectivity index (χ0n) is 20.6. The van der Waals surface area contributed by atoms with Crippen molar-refractivity contribution in [3.8, 4) is 0 Å². The molecule has 2 N–H and O–H groups in total. The lowest BCUT2D eigenvalue weighted by Gasteiger charge is -2.27. The minimum absolute atomic E-state index is 0.248. The number of unbranched alkanes of at least 4 members (excludes halogenated alkanes) is 1. The standard InChI is InChI=1S/C30H34ClN3O2/c31-27-17-16-26-15-14-25-11-4-5-12-28(25)34(29(26)23-27)21-7-6-19-32-20-8-13-30(35)33-36-22-18-24-9-2-1-3-10-24/h1-5,8-13,16-17,23,32H,6-7,14-15,18-22H2,(H,33,35)/b13-8+. The Morgan fingerprint density at radius 2 is 1.72 bits per heavy atom. The Morgan fingerprint density at radius 1 is 0.944 bits per heavy atom. The molecule has 0 radical (unpaired) electrons. The molecule has 1 aliphatic rings. The predicted molar refractivity (Wildman–Crippen MR) is 148 cm³/mol. The van der Waals surface area contributed by atoms with E-state index in [4.69, 9.17) is 16.4 Å². The normalized spacial score (nSPS) is 12.8. The van der Waals surface area contributed by atoms with Crippen LogP contribution in [0.2, 0.25) is 5.02 Å². The fraction of sp³-hybridized carbons (Fsp3) is 0.300. The SMILES string of the molecule is O=C(/C=C/CNCCCCN1c2ccccc2CCc2ccc(Cl)cc21)NOCCc1ccccc1. The summed E-state index contributed by atoms with van der Waals surface area (Å²) >= 11 is 6.36. The van der Waals surface area contributed by atoms with Crippen LogP contribution in [0.25, 0.3) is 0 Å². The number of hydrogen-bond donors (Lipinski definition) is 2. The van der Waals surface area contributed by atoms with Crippen molar-refractivity contribution < 1.29 is 9.63 Å². The zero-order valence-corrected chi connectivity index (χ0v) is 21.3. The molecule has 1 aliphatic heterocycles. The summed E-state index contributed by atoms with van der Waals surface area (Å²) < 4.78 is 0. The summed E-state index contributed by atoms with van der Waals surface area (Å²) in [6.07, 6.45) is 8.24. The monoisotopic (exact) mass is 503 g/mol. The minimum atomic E-state index is -0.248. The molecule has 0 unspecified atom stereocenters. The number of nitrogens with one attached hydrogen (secondary N) is 2. The van der Waals surface area contributed by atoms with Crippen molar-refractivity contribution in [2.24, 2.45) is 0 Å². The van der Waals surface area contributed by atoms with E-state index in [0.717, 1.165) is 50.2 Å². The highest BCUT2D eigenvalue weighted by Gasteiger charge is 2.20. The van der Waals surface area contributed by atoms with Gasteiger partial charge in [-0.25, -0.2) is 5.48 Å². The number of para-hydroxylation sites is 1. The molecule has 1 amide bonds. The highest BCUT2D eigenvalue weighted by Crippen LogP contribution is 2.37. The number of benzene rings is 3. The highest BCUT2D eigenvalue weighted by atomic mass is 35.5. The van der Waals surface area contributed by atoms with Crippen molar-refractivity contribution in [3.63, 3.8) is 0 Å². The Morgan fingerprint density at radius 3 is 2.58 bits per heavy atom. The smallest absolute Gasteiger partial charge is 0.267 e. The third-order valence-electron chi connectivity index (χ3n) is 6.31. The Balaban J connectivity index is 1.15. The molecule has 0 saturated carbocycles. The number of halogens is 1. The van der Waals surface area contributed by atoms with E-state index in [1.54, 1.807) is 0 Å². The summed E-state index contributed by atoms with van der Waals surface area (Å²) in [5.74, 6) is -0.248. The van der Waals surface area contributed by atoms with Crippen molar-refractivity contribution >= 4 is 28.9 Å². The van der Waals surface area contributed by atoms with Gasteiger partial charge in [0.2, 0.25) is 0 Å². The first kappa shape index (κ1) is 26.0. The maximum atomic E-state index is 11.9. The molecule has 0 bridgehead atoms. The Hall–Kier alpha value is -3.12. The minimum Gasteiger partial charge on any atom is -0.341 e. The largest absolute Gasteiger partial charge is 0.341 e. The van der Waals surface area contributed by atoms with Crippen molar-refractivity contribution in [1.82, 2.24) is 10.8 Å². The number of rotatable bonds is 12. The van der Waals surface area contributed by atoms with Crippen LogP contribution in [0.15, 0.2) is 84.9 Å². The van der Waals surface area contributed by atoms with Gasteiger partial charge >= 0.3 is 0 Å². The van der Waals surface area contributed by atoms with Gasteiger partial charge in [0.1, 0.15) is 0 Å². The molecule has 36 heavy (non-hydrogen) atoms. The molecule has 0 atom stereocenters. The van der Waals surface area contributed by atoms with Crippen LogP contribution in [-0.4, -0.2) is 32.1 Å². The number of carbonyl (C=O) groups excluding carboxylic acids is 1. The van der Waals surface area contributed by atoms with Crippen molar-refractivity contribution in [2.45, 2.75) is 32.1 Å². The molecule has 0 fully saturated rings. The van der Waals surface area contributed by atoms with Crippen LogP contribution < -0.4 is 15.7 Å². The Kier molecular flexibility index (Phi) is 9.97. The Labute approximate surface area is 219 Å². The molecule has 0 aromatic heterocycles. The van der Waals surface area contributed by atoms with E-state index in [9.17, 15) is 4.79 Å². The molecular formula is C30H34ClN3O2. The van der Waals surface area contributed by atoms with Crippen molar-refractivity contribution in [1.29, 1.82) is 0 Å². The molecule has 5 nitrogen and oxygen atoms in total. The lowest BCUT2D eigenvalue weighted by molar-refractivity contribution is -0.128. The van der Waals surface area contributed by atoms with E-state index < -0.39 is 0 Å². The quantitative estimate of drug-likeness (QED) is 0.186.